The van der Waals surface area contributed by atoms with Crippen molar-refractivity contribution in [3.63, 3.8) is 0 Å². The Bertz CT molecular complexity index is 1100. The molecule has 4 rings (SSSR count). The number of aliphatic imine (C=N–C) groups is 1. The molecule has 31 heavy (non-hydrogen) atoms. The maximum absolute atomic E-state index is 9.33. The van der Waals surface area contributed by atoms with Crippen molar-refractivity contribution in [1.82, 2.24) is 0 Å². The summed E-state index contributed by atoms with van der Waals surface area (Å²) in [6.07, 6.45) is 4.32. The van der Waals surface area contributed by atoms with Gasteiger partial charge >= 0.3 is 0 Å². The zero-order valence-electron chi connectivity index (χ0n) is 18.5. The fourth-order valence-corrected chi connectivity index (χ4v) is 5.17. The lowest BCUT2D eigenvalue weighted by atomic mass is 9.76. The molecule has 2 heterocycles. The molecule has 2 aliphatic heterocycles. The Morgan fingerprint density at radius 3 is 2.35 bits per heavy atom. The SMILES string of the molecule is CC1(C)CC(C2C/C(=N\C#N)c3cc(-c4cccc(C#N)c4)ccc3O2)CC(C)(C)O1. The summed E-state index contributed by atoms with van der Waals surface area (Å²) in [5.74, 6) is 1.07. The third-order valence-electron chi connectivity index (χ3n) is 6.06. The van der Waals surface area contributed by atoms with Crippen molar-refractivity contribution in [2.75, 3.05) is 0 Å². The number of nitrogens with zero attached hydrogens (tertiary/aromatic N) is 3. The van der Waals surface area contributed by atoms with Gasteiger partial charge in [0.2, 0.25) is 6.19 Å². The predicted octanol–water partition coefficient (Wildman–Crippen LogP) is 5.63. The van der Waals surface area contributed by atoms with Gasteiger partial charge in [0.15, 0.2) is 0 Å². The van der Waals surface area contributed by atoms with Crippen molar-refractivity contribution in [3.8, 4) is 29.1 Å². The van der Waals surface area contributed by atoms with Crippen molar-refractivity contribution >= 4 is 5.71 Å². The maximum Gasteiger partial charge on any atom is 0.205 e. The smallest absolute Gasteiger partial charge is 0.205 e. The van der Waals surface area contributed by atoms with Crippen LogP contribution in [0.1, 0.15) is 58.1 Å². The first kappa shape index (κ1) is 21.1. The highest BCUT2D eigenvalue weighted by Crippen LogP contribution is 2.43. The highest BCUT2D eigenvalue weighted by molar-refractivity contribution is 6.05. The Hall–Kier alpha value is -3.15. The first-order valence-electron chi connectivity index (χ1n) is 10.7. The number of fused-ring (bicyclic) bond motifs is 1. The second kappa shape index (κ2) is 7.84. The minimum absolute atomic E-state index is 0.0465. The molecule has 5 heteroatoms. The zero-order valence-corrected chi connectivity index (χ0v) is 18.5. The van der Waals surface area contributed by atoms with Crippen LogP contribution in [-0.2, 0) is 4.74 Å². The van der Waals surface area contributed by atoms with Crippen LogP contribution in [0.2, 0.25) is 0 Å². The average molecular weight is 414 g/mol. The zero-order chi connectivity index (χ0) is 22.2. The lowest BCUT2D eigenvalue weighted by Gasteiger charge is -2.48. The predicted molar refractivity (Wildman–Crippen MR) is 120 cm³/mol. The Morgan fingerprint density at radius 1 is 0.968 bits per heavy atom. The van der Waals surface area contributed by atoms with Crippen LogP contribution in [0.4, 0.5) is 0 Å². The highest BCUT2D eigenvalue weighted by atomic mass is 16.5. The fraction of sp³-hybridized carbons (Fsp3) is 0.423. The molecular weight excluding hydrogens is 386 g/mol. The molecule has 0 aromatic heterocycles. The average Bonchev–Trinajstić information content (AvgIpc) is 2.71. The topological polar surface area (TPSA) is 78.4 Å². The van der Waals surface area contributed by atoms with Crippen molar-refractivity contribution in [1.29, 1.82) is 10.5 Å². The van der Waals surface area contributed by atoms with Gasteiger partial charge in [0.05, 0.1) is 28.5 Å². The van der Waals surface area contributed by atoms with Crippen LogP contribution in [0.3, 0.4) is 0 Å². The van der Waals surface area contributed by atoms with Gasteiger partial charge < -0.3 is 9.47 Å². The summed E-state index contributed by atoms with van der Waals surface area (Å²) in [6, 6.07) is 15.6. The number of nitriles is 2. The van der Waals surface area contributed by atoms with Gasteiger partial charge in [0.25, 0.3) is 0 Å². The molecule has 1 unspecified atom stereocenters. The van der Waals surface area contributed by atoms with Crippen molar-refractivity contribution in [2.24, 2.45) is 10.9 Å². The number of hydrogen-bond donors (Lipinski definition) is 0. The number of benzene rings is 2. The third kappa shape index (κ3) is 4.48. The van der Waals surface area contributed by atoms with E-state index in [4.69, 9.17) is 9.47 Å². The molecule has 0 amide bonds. The van der Waals surface area contributed by atoms with Crippen molar-refractivity contribution < 1.29 is 9.47 Å². The number of rotatable bonds is 2. The molecule has 1 saturated heterocycles. The summed E-state index contributed by atoms with van der Waals surface area (Å²) in [7, 11) is 0. The van der Waals surface area contributed by atoms with Crippen LogP contribution in [0, 0.1) is 28.7 Å². The van der Waals surface area contributed by atoms with Crippen LogP contribution in [0.25, 0.3) is 11.1 Å². The summed E-state index contributed by atoms with van der Waals surface area (Å²) < 4.78 is 12.7. The lowest BCUT2D eigenvalue weighted by Crippen LogP contribution is -2.50. The minimum atomic E-state index is -0.224. The van der Waals surface area contributed by atoms with E-state index in [1.807, 2.05) is 42.6 Å². The molecule has 0 bridgehead atoms. The summed E-state index contributed by atoms with van der Waals surface area (Å²) in [5.41, 5.74) is 3.70. The van der Waals surface area contributed by atoms with E-state index in [-0.39, 0.29) is 17.3 Å². The Labute approximate surface area is 183 Å². The van der Waals surface area contributed by atoms with Crippen molar-refractivity contribution in [3.05, 3.63) is 53.6 Å². The molecule has 158 valence electrons. The lowest BCUT2D eigenvalue weighted by molar-refractivity contribution is -0.183. The summed E-state index contributed by atoms with van der Waals surface area (Å²) in [5, 5.41) is 18.5. The van der Waals surface area contributed by atoms with E-state index in [9.17, 15) is 10.5 Å². The van der Waals surface area contributed by atoms with Gasteiger partial charge in [-0.05, 0) is 75.9 Å². The van der Waals surface area contributed by atoms with Gasteiger partial charge in [-0.15, -0.1) is 0 Å². The summed E-state index contributed by atoms with van der Waals surface area (Å²) in [6.45, 7) is 8.51. The van der Waals surface area contributed by atoms with Crippen LogP contribution in [-0.4, -0.2) is 23.0 Å². The maximum atomic E-state index is 9.33. The molecule has 0 aliphatic carbocycles. The van der Waals surface area contributed by atoms with Crippen LogP contribution in [0.15, 0.2) is 47.5 Å². The van der Waals surface area contributed by atoms with Gasteiger partial charge in [0.1, 0.15) is 11.9 Å². The van der Waals surface area contributed by atoms with E-state index in [1.54, 1.807) is 6.07 Å². The second-order valence-electron chi connectivity index (χ2n) is 9.71. The van der Waals surface area contributed by atoms with E-state index in [1.165, 1.54) is 0 Å². The van der Waals surface area contributed by atoms with E-state index in [0.29, 0.717) is 17.9 Å². The molecule has 2 aliphatic rings. The van der Waals surface area contributed by atoms with Crippen molar-refractivity contribution in [2.45, 2.75) is 64.3 Å². The highest BCUT2D eigenvalue weighted by Gasteiger charge is 2.44. The largest absolute Gasteiger partial charge is 0.489 e. The van der Waals surface area contributed by atoms with Gasteiger partial charge in [-0.1, -0.05) is 18.2 Å². The van der Waals surface area contributed by atoms with Gasteiger partial charge in [-0.2, -0.15) is 15.5 Å². The van der Waals surface area contributed by atoms with Crippen LogP contribution >= 0.6 is 0 Å². The van der Waals surface area contributed by atoms with E-state index >= 15 is 0 Å². The van der Waals surface area contributed by atoms with Crippen LogP contribution < -0.4 is 4.74 Å². The molecule has 2 aromatic carbocycles. The Kier molecular flexibility index (Phi) is 5.33. The molecule has 2 aromatic rings. The van der Waals surface area contributed by atoms with E-state index in [2.05, 4.69) is 38.8 Å². The quantitative estimate of drug-likeness (QED) is 0.598. The Morgan fingerprint density at radius 2 is 1.68 bits per heavy atom. The minimum Gasteiger partial charge on any atom is -0.489 e. The monoisotopic (exact) mass is 413 g/mol. The first-order chi connectivity index (χ1) is 14.7. The third-order valence-corrected chi connectivity index (χ3v) is 6.06. The standard InChI is InChI=1S/C26H27N3O2/c1-25(2)13-20(14-26(3,4)31-25)24-12-22(29-16-28)21-11-19(8-9-23(21)30-24)18-7-5-6-17(10-18)15-27/h5-11,20,24H,12-14H2,1-4H3/b29-22+. The molecule has 0 spiro atoms. The summed E-state index contributed by atoms with van der Waals surface area (Å²) in [4.78, 5) is 4.17. The molecular formula is C26H27N3O2. The molecule has 0 saturated carbocycles. The van der Waals surface area contributed by atoms with E-state index in [0.717, 1.165) is 41.0 Å². The molecule has 0 radical (unpaired) electrons. The first-order valence-corrected chi connectivity index (χ1v) is 10.7. The van der Waals surface area contributed by atoms with Gasteiger partial charge in [0, 0.05) is 17.9 Å². The molecule has 5 nitrogen and oxygen atoms in total. The van der Waals surface area contributed by atoms with E-state index < -0.39 is 0 Å². The Balaban J connectivity index is 1.68. The fourth-order valence-electron chi connectivity index (χ4n) is 5.17. The second-order valence-corrected chi connectivity index (χ2v) is 9.71. The molecule has 0 N–H and O–H groups in total. The normalized spacial score (nSPS) is 23.3. The van der Waals surface area contributed by atoms with Gasteiger partial charge in [-0.25, -0.2) is 0 Å². The number of ether oxygens (including phenoxy) is 2. The van der Waals surface area contributed by atoms with Crippen LogP contribution in [0.5, 0.6) is 5.75 Å². The number of hydrogen-bond acceptors (Lipinski definition) is 5. The summed E-state index contributed by atoms with van der Waals surface area (Å²) >= 11 is 0. The van der Waals surface area contributed by atoms with Gasteiger partial charge in [-0.3, -0.25) is 0 Å². The molecule has 1 atom stereocenters. The molecule has 1 fully saturated rings.